The van der Waals surface area contributed by atoms with Crippen LogP contribution in [0, 0.1) is 0 Å². The third-order valence-corrected chi connectivity index (χ3v) is 4.50. The van der Waals surface area contributed by atoms with Crippen molar-refractivity contribution in [1.82, 2.24) is 4.98 Å². The Balaban J connectivity index is 2.22. The molecule has 5 heteroatoms. The lowest BCUT2D eigenvalue weighted by atomic mass is 10.2. The number of hydrogen-bond acceptors (Lipinski definition) is 3. The van der Waals surface area contributed by atoms with E-state index in [4.69, 9.17) is 16.3 Å². The number of aromatic nitrogens is 1. The summed E-state index contributed by atoms with van der Waals surface area (Å²) in [6.45, 7) is 4.49. The zero-order chi connectivity index (χ0) is 16.1. The summed E-state index contributed by atoms with van der Waals surface area (Å²) in [4.78, 5) is 4.48. The number of pyridine rings is 1. The van der Waals surface area contributed by atoms with Crippen molar-refractivity contribution in [3.05, 3.63) is 65.5 Å². The average molecular weight is 335 g/mol. The number of ether oxygens (including phenoxy) is 1. The Morgan fingerprint density at radius 1 is 1.36 bits per heavy atom. The summed E-state index contributed by atoms with van der Waals surface area (Å²) in [7, 11) is 1.41. The van der Waals surface area contributed by atoms with Crippen LogP contribution in [0.1, 0.15) is 11.3 Å². The number of anilines is 1. The summed E-state index contributed by atoms with van der Waals surface area (Å²) < 4.78 is 7.29. The first-order chi connectivity index (χ1) is 10.5. The molecular weight excluding hydrogens is 316 g/mol. The van der Waals surface area contributed by atoms with Crippen LogP contribution in [0.4, 0.5) is 5.69 Å². The molecule has 22 heavy (non-hydrogen) atoms. The predicted molar refractivity (Wildman–Crippen MR) is 98.6 cm³/mol. The van der Waals surface area contributed by atoms with E-state index in [9.17, 15) is 0 Å². The molecular formula is C17H19ClN2OS. The highest BCUT2D eigenvalue weighted by Crippen LogP contribution is 2.28. The molecule has 0 fully saturated rings. The Morgan fingerprint density at radius 2 is 2.14 bits per heavy atom. The van der Waals surface area contributed by atoms with Crippen molar-refractivity contribution in [3.8, 4) is 0 Å². The lowest BCUT2D eigenvalue weighted by Crippen LogP contribution is -2.16. The van der Waals surface area contributed by atoms with Crippen LogP contribution in [0.5, 0.6) is 0 Å². The molecule has 1 atom stereocenters. The molecule has 0 aliphatic heterocycles. The van der Waals surface area contributed by atoms with E-state index in [2.05, 4.69) is 28.0 Å². The van der Waals surface area contributed by atoms with Gasteiger partial charge in [-0.15, -0.1) is 10.7 Å². The minimum Gasteiger partial charge on any atom is -0.497 e. The van der Waals surface area contributed by atoms with Gasteiger partial charge in [0.2, 0.25) is 0 Å². The van der Waals surface area contributed by atoms with Crippen molar-refractivity contribution in [2.75, 3.05) is 17.7 Å². The number of benzene rings is 1. The summed E-state index contributed by atoms with van der Waals surface area (Å²) in [5, 5.41) is 0.715. The van der Waals surface area contributed by atoms with E-state index < -0.39 is 0 Å². The minimum atomic E-state index is -0.186. The summed E-state index contributed by atoms with van der Waals surface area (Å²) in [6, 6.07) is 11.7. The van der Waals surface area contributed by atoms with Crippen molar-refractivity contribution < 1.29 is 4.74 Å². The maximum Gasteiger partial charge on any atom is 0.120 e. The maximum absolute atomic E-state index is 6.08. The number of methoxy groups -OCH3 is 1. The van der Waals surface area contributed by atoms with Crippen LogP contribution in [0.2, 0.25) is 5.02 Å². The second kappa shape index (κ2) is 7.47. The second-order valence-corrected chi connectivity index (χ2v) is 6.86. The molecule has 1 unspecified atom stereocenters. The lowest BCUT2D eigenvalue weighted by molar-refractivity contribution is 0.371. The molecule has 0 bridgehead atoms. The molecule has 0 radical (unpaired) electrons. The van der Waals surface area contributed by atoms with Crippen LogP contribution in [0.25, 0.3) is 5.76 Å². The van der Waals surface area contributed by atoms with Crippen molar-refractivity contribution in [2.45, 2.75) is 6.54 Å². The molecule has 1 aromatic heterocycles. The van der Waals surface area contributed by atoms with E-state index in [-0.39, 0.29) is 10.7 Å². The molecule has 0 saturated carbocycles. The van der Waals surface area contributed by atoms with Gasteiger partial charge in [0.05, 0.1) is 19.3 Å². The van der Waals surface area contributed by atoms with Gasteiger partial charge >= 0.3 is 0 Å². The summed E-state index contributed by atoms with van der Waals surface area (Å²) in [5.41, 5.74) is 2.88. The van der Waals surface area contributed by atoms with Gasteiger partial charge in [0.25, 0.3) is 0 Å². The largest absolute Gasteiger partial charge is 0.497 e. The SMILES string of the molecule is C=C(OC)c1ccc(CN(c2cccc(Cl)c2)S(=C)C)nc1. The van der Waals surface area contributed by atoms with Crippen LogP contribution >= 0.6 is 22.3 Å². The van der Waals surface area contributed by atoms with E-state index in [0.29, 0.717) is 17.3 Å². The molecule has 2 rings (SSSR count). The molecule has 3 nitrogen and oxygen atoms in total. The highest BCUT2D eigenvalue weighted by molar-refractivity contribution is 8.14. The lowest BCUT2D eigenvalue weighted by Gasteiger charge is -2.25. The van der Waals surface area contributed by atoms with Gasteiger partial charge in [-0.3, -0.25) is 4.98 Å². The fourth-order valence-corrected chi connectivity index (χ4v) is 2.97. The van der Waals surface area contributed by atoms with Gasteiger partial charge in [-0.05, 0) is 36.6 Å². The average Bonchev–Trinajstić information content (AvgIpc) is 2.52. The van der Waals surface area contributed by atoms with E-state index >= 15 is 0 Å². The van der Waals surface area contributed by atoms with Gasteiger partial charge in [-0.2, -0.15) is 0 Å². The monoisotopic (exact) mass is 334 g/mol. The molecule has 0 amide bonds. The van der Waals surface area contributed by atoms with Gasteiger partial charge in [0, 0.05) is 22.5 Å². The van der Waals surface area contributed by atoms with Crippen LogP contribution in [0.3, 0.4) is 0 Å². The Bertz CT molecular complexity index is 685. The standard InChI is InChI=1S/C17H19ClN2OS/c1-13(21-2)14-8-9-16(19-11-14)12-20(22(3)4)17-7-5-6-15(18)10-17/h5-11H,1,3,12H2,2,4H3. The van der Waals surface area contributed by atoms with Crippen molar-refractivity contribution in [3.63, 3.8) is 0 Å². The first-order valence-electron chi connectivity index (χ1n) is 6.68. The van der Waals surface area contributed by atoms with Crippen LogP contribution in [-0.4, -0.2) is 24.2 Å². The minimum absolute atomic E-state index is 0.186. The van der Waals surface area contributed by atoms with Crippen LogP contribution in [-0.2, 0) is 11.3 Å². The summed E-state index contributed by atoms with van der Waals surface area (Å²) >= 11 is 6.08. The van der Waals surface area contributed by atoms with Gasteiger partial charge in [-0.1, -0.05) is 30.1 Å². The molecule has 1 heterocycles. The Labute approximate surface area is 139 Å². The summed E-state index contributed by atoms with van der Waals surface area (Å²) in [5.74, 6) is 4.76. The first-order valence-corrected chi connectivity index (χ1v) is 8.82. The molecule has 0 spiro atoms. The van der Waals surface area contributed by atoms with Gasteiger partial charge in [-0.25, -0.2) is 0 Å². The maximum atomic E-state index is 6.08. The third-order valence-electron chi connectivity index (χ3n) is 3.17. The molecule has 2 aromatic rings. The predicted octanol–water partition coefficient (Wildman–Crippen LogP) is 4.60. The number of nitrogens with zero attached hydrogens (tertiary/aromatic N) is 2. The zero-order valence-electron chi connectivity index (χ0n) is 12.8. The number of rotatable bonds is 6. The third kappa shape index (κ3) is 4.12. The van der Waals surface area contributed by atoms with Gasteiger partial charge in [0.15, 0.2) is 0 Å². The summed E-state index contributed by atoms with van der Waals surface area (Å²) in [6.07, 6.45) is 3.84. The second-order valence-electron chi connectivity index (χ2n) is 4.78. The Kier molecular flexibility index (Phi) is 5.63. The quantitative estimate of drug-likeness (QED) is 0.570. The molecule has 1 aromatic carbocycles. The van der Waals surface area contributed by atoms with Crippen molar-refractivity contribution in [1.29, 1.82) is 0 Å². The zero-order valence-corrected chi connectivity index (χ0v) is 14.3. The molecule has 0 aliphatic rings. The Morgan fingerprint density at radius 3 is 2.68 bits per heavy atom. The normalized spacial score (nSPS) is 11.8. The van der Waals surface area contributed by atoms with E-state index in [1.807, 2.05) is 36.4 Å². The van der Waals surface area contributed by atoms with Crippen LogP contribution in [0.15, 0.2) is 49.2 Å². The number of halogens is 1. The topological polar surface area (TPSA) is 25.4 Å². The fourth-order valence-electron chi connectivity index (χ4n) is 1.96. The first kappa shape index (κ1) is 16.6. The highest BCUT2D eigenvalue weighted by Gasteiger charge is 2.09. The molecule has 116 valence electrons. The highest BCUT2D eigenvalue weighted by atomic mass is 35.5. The van der Waals surface area contributed by atoms with Gasteiger partial charge < -0.3 is 9.04 Å². The smallest absolute Gasteiger partial charge is 0.120 e. The molecule has 0 aliphatic carbocycles. The van der Waals surface area contributed by atoms with E-state index in [0.717, 1.165) is 16.9 Å². The molecule has 0 saturated heterocycles. The van der Waals surface area contributed by atoms with E-state index in [1.165, 1.54) is 0 Å². The van der Waals surface area contributed by atoms with Crippen molar-refractivity contribution in [2.24, 2.45) is 0 Å². The van der Waals surface area contributed by atoms with Gasteiger partial charge in [0.1, 0.15) is 5.76 Å². The fraction of sp³-hybridized carbons (Fsp3) is 0.176. The molecule has 0 N–H and O–H groups in total. The van der Waals surface area contributed by atoms with Crippen molar-refractivity contribution >= 4 is 39.6 Å². The van der Waals surface area contributed by atoms with E-state index in [1.54, 1.807) is 13.3 Å². The van der Waals surface area contributed by atoms with Crippen LogP contribution < -0.4 is 4.31 Å². The Hall–Kier alpha value is -1.78. The number of hydrogen-bond donors (Lipinski definition) is 0.